The van der Waals surface area contributed by atoms with Crippen molar-refractivity contribution in [3.05, 3.63) is 24.9 Å². The first-order valence-corrected chi connectivity index (χ1v) is 14.7. The molecule has 3 saturated carbocycles. The summed E-state index contributed by atoms with van der Waals surface area (Å²) in [4.78, 5) is 41.9. The maximum Gasteiger partial charge on any atom is 0.259 e. The Morgan fingerprint density at radius 3 is 2.35 bits per heavy atom. The highest BCUT2D eigenvalue weighted by Gasteiger charge is 2.62. The lowest BCUT2D eigenvalue weighted by Gasteiger charge is -2.36. The number of amides is 3. The van der Waals surface area contributed by atoms with E-state index in [9.17, 15) is 22.8 Å². The standard InChI is InChI=1S/C26H41N5O5S/c1-6-17-13-26(17,24(34)30-37(35,36)19-9-10-19)29-22(32)20-12-18(27)14-31(20)23(33)21(25(3,4)5)28-15(2)11-16-7-8-16/h6,16-21,28H,1-2,7-14,27H2,3-5H3,(H,29,32)(H,30,34)/t17?,18-,20+,21-,26?/m1/s1. The molecule has 0 aromatic rings. The van der Waals surface area contributed by atoms with Crippen molar-refractivity contribution in [1.29, 1.82) is 0 Å². The van der Waals surface area contributed by atoms with E-state index < -0.39 is 62.1 Å². The molecule has 10 nitrogen and oxygen atoms in total. The van der Waals surface area contributed by atoms with Crippen molar-refractivity contribution in [3.8, 4) is 0 Å². The molecular formula is C26H41N5O5S. The summed E-state index contributed by atoms with van der Waals surface area (Å²) in [5.74, 6) is -1.32. The van der Waals surface area contributed by atoms with Gasteiger partial charge in [-0.15, -0.1) is 6.58 Å². The van der Waals surface area contributed by atoms with Crippen LogP contribution in [0.4, 0.5) is 0 Å². The number of carbonyl (C=O) groups excluding carboxylic acids is 3. The van der Waals surface area contributed by atoms with Crippen molar-refractivity contribution in [1.82, 2.24) is 20.3 Å². The molecule has 4 rings (SSSR count). The third-order valence-electron chi connectivity index (χ3n) is 7.86. The van der Waals surface area contributed by atoms with E-state index in [-0.39, 0.29) is 25.3 Å². The summed E-state index contributed by atoms with van der Waals surface area (Å²) >= 11 is 0. The minimum absolute atomic E-state index is 0.209. The largest absolute Gasteiger partial charge is 0.377 e. The minimum Gasteiger partial charge on any atom is -0.377 e. The molecule has 1 aliphatic heterocycles. The molecule has 11 heteroatoms. The van der Waals surface area contributed by atoms with Crippen molar-refractivity contribution >= 4 is 27.7 Å². The Morgan fingerprint density at radius 1 is 1.19 bits per heavy atom. The van der Waals surface area contributed by atoms with Gasteiger partial charge in [0.15, 0.2) is 0 Å². The van der Waals surface area contributed by atoms with E-state index >= 15 is 0 Å². The maximum atomic E-state index is 13.8. The number of hydrogen-bond acceptors (Lipinski definition) is 7. The van der Waals surface area contributed by atoms with E-state index in [2.05, 4.69) is 28.5 Å². The average Bonchev–Trinajstić information content (AvgIpc) is 3.66. The van der Waals surface area contributed by atoms with Gasteiger partial charge in [-0.3, -0.25) is 19.1 Å². The van der Waals surface area contributed by atoms with Crippen LogP contribution in [0.3, 0.4) is 0 Å². The van der Waals surface area contributed by atoms with Gasteiger partial charge in [0.1, 0.15) is 17.6 Å². The average molecular weight is 536 g/mol. The predicted octanol–water partition coefficient (Wildman–Crippen LogP) is 0.902. The molecule has 3 aliphatic carbocycles. The van der Waals surface area contributed by atoms with Gasteiger partial charge in [-0.1, -0.05) is 33.4 Å². The van der Waals surface area contributed by atoms with Crippen LogP contribution in [0.1, 0.15) is 65.7 Å². The lowest BCUT2D eigenvalue weighted by atomic mass is 9.85. The number of allylic oxidation sites excluding steroid dienone is 1. The van der Waals surface area contributed by atoms with Crippen LogP contribution in [0.2, 0.25) is 0 Å². The van der Waals surface area contributed by atoms with Crippen molar-refractivity contribution in [2.45, 2.75) is 94.6 Å². The van der Waals surface area contributed by atoms with Gasteiger partial charge in [0.2, 0.25) is 21.8 Å². The summed E-state index contributed by atoms with van der Waals surface area (Å²) in [6, 6.07) is -1.88. The van der Waals surface area contributed by atoms with Gasteiger partial charge in [-0.25, -0.2) is 8.42 Å². The molecule has 3 amide bonds. The summed E-state index contributed by atoms with van der Waals surface area (Å²) in [6.45, 7) is 13.9. The van der Waals surface area contributed by atoms with Crippen molar-refractivity contribution in [2.75, 3.05) is 6.54 Å². The number of rotatable bonds is 11. The van der Waals surface area contributed by atoms with E-state index in [0.29, 0.717) is 18.8 Å². The third kappa shape index (κ3) is 6.03. The quantitative estimate of drug-likeness (QED) is 0.287. The van der Waals surface area contributed by atoms with Crippen LogP contribution in [0, 0.1) is 17.3 Å². The number of likely N-dealkylation sites (tertiary alicyclic amines) is 1. The Hall–Kier alpha value is -2.40. The lowest BCUT2D eigenvalue weighted by Crippen LogP contribution is -2.59. The molecular weight excluding hydrogens is 494 g/mol. The molecule has 5 atom stereocenters. The van der Waals surface area contributed by atoms with E-state index in [1.165, 1.54) is 23.8 Å². The molecule has 0 spiro atoms. The third-order valence-corrected chi connectivity index (χ3v) is 9.68. The molecule has 0 aromatic carbocycles. The molecule has 2 unspecified atom stereocenters. The molecule has 37 heavy (non-hydrogen) atoms. The van der Waals surface area contributed by atoms with E-state index in [1.807, 2.05) is 20.8 Å². The number of nitrogens with one attached hydrogen (secondary N) is 3. The fourth-order valence-corrected chi connectivity index (χ4v) is 6.49. The summed E-state index contributed by atoms with van der Waals surface area (Å²) in [5.41, 5.74) is 5.15. The summed E-state index contributed by atoms with van der Waals surface area (Å²) in [5, 5.41) is 5.52. The smallest absolute Gasteiger partial charge is 0.259 e. The van der Waals surface area contributed by atoms with Crippen LogP contribution >= 0.6 is 0 Å². The van der Waals surface area contributed by atoms with Crippen LogP contribution in [0.15, 0.2) is 24.9 Å². The number of nitrogens with zero attached hydrogens (tertiary/aromatic N) is 1. The van der Waals surface area contributed by atoms with Crippen LogP contribution < -0.4 is 21.1 Å². The maximum absolute atomic E-state index is 13.8. The first-order chi connectivity index (χ1) is 17.2. The number of carbonyl (C=O) groups is 3. The Balaban J connectivity index is 1.49. The van der Waals surface area contributed by atoms with Crippen LogP contribution in [-0.2, 0) is 24.4 Å². The zero-order valence-corrected chi connectivity index (χ0v) is 22.9. The van der Waals surface area contributed by atoms with E-state index in [1.54, 1.807) is 0 Å². The van der Waals surface area contributed by atoms with Crippen molar-refractivity contribution < 1.29 is 22.8 Å². The van der Waals surface area contributed by atoms with Crippen molar-refractivity contribution in [3.63, 3.8) is 0 Å². The summed E-state index contributed by atoms with van der Waals surface area (Å²) in [6.07, 6.45) is 6.20. The molecule has 5 N–H and O–H groups in total. The normalized spacial score (nSPS) is 30.3. The Labute approximate surface area is 219 Å². The van der Waals surface area contributed by atoms with Gasteiger partial charge in [0.05, 0.1) is 5.25 Å². The SMILES string of the molecule is C=CC1CC1(NC(=O)[C@@H]1C[C@@H](N)CN1C(=O)[C@@H](NC(=C)CC1CC1)C(C)(C)C)C(=O)NS(=O)(=O)C1CC1. The minimum atomic E-state index is -3.78. The summed E-state index contributed by atoms with van der Waals surface area (Å²) in [7, 11) is -3.78. The van der Waals surface area contributed by atoms with Crippen LogP contribution in [0.25, 0.3) is 0 Å². The molecule has 206 valence electrons. The van der Waals surface area contributed by atoms with Gasteiger partial charge in [0.25, 0.3) is 5.91 Å². The Bertz CT molecular complexity index is 1090. The highest BCUT2D eigenvalue weighted by Crippen LogP contribution is 2.45. The molecule has 4 aliphatic rings. The zero-order chi connectivity index (χ0) is 27.3. The van der Waals surface area contributed by atoms with E-state index in [0.717, 1.165) is 12.1 Å². The van der Waals surface area contributed by atoms with Gasteiger partial charge in [-0.05, 0) is 56.3 Å². The second-order valence-corrected chi connectivity index (χ2v) is 14.3. The number of sulfonamides is 1. The molecule has 4 fully saturated rings. The Kier molecular flexibility index (Phi) is 7.26. The fourth-order valence-electron chi connectivity index (χ4n) is 5.13. The van der Waals surface area contributed by atoms with Gasteiger partial charge in [-0.2, -0.15) is 0 Å². The first kappa shape index (κ1) is 27.6. The molecule has 1 saturated heterocycles. The highest BCUT2D eigenvalue weighted by atomic mass is 32.2. The number of hydrogen-bond donors (Lipinski definition) is 4. The van der Waals surface area contributed by atoms with Crippen LogP contribution in [-0.4, -0.2) is 66.5 Å². The number of nitrogens with two attached hydrogens (primary N) is 1. The van der Waals surface area contributed by atoms with Crippen molar-refractivity contribution in [2.24, 2.45) is 23.0 Å². The second kappa shape index (κ2) is 9.72. The topological polar surface area (TPSA) is 151 Å². The van der Waals surface area contributed by atoms with Crippen LogP contribution in [0.5, 0.6) is 0 Å². The Morgan fingerprint density at radius 2 is 1.84 bits per heavy atom. The molecule has 1 heterocycles. The predicted molar refractivity (Wildman–Crippen MR) is 140 cm³/mol. The molecule has 0 radical (unpaired) electrons. The fraction of sp³-hybridized carbons (Fsp3) is 0.731. The van der Waals surface area contributed by atoms with E-state index in [4.69, 9.17) is 5.73 Å². The molecule has 0 aromatic heterocycles. The zero-order valence-electron chi connectivity index (χ0n) is 22.1. The second-order valence-electron chi connectivity index (χ2n) is 12.4. The highest BCUT2D eigenvalue weighted by molar-refractivity contribution is 7.91. The lowest BCUT2D eigenvalue weighted by molar-refractivity contribution is -0.142. The van der Waals surface area contributed by atoms with Gasteiger partial charge < -0.3 is 21.3 Å². The first-order valence-electron chi connectivity index (χ1n) is 13.2. The van der Waals surface area contributed by atoms with Gasteiger partial charge in [0, 0.05) is 24.2 Å². The van der Waals surface area contributed by atoms with Gasteiger partial charge >= 0.3 is 0 Å². The summed E-state index contributed by atoms with van der Waals surface area (Å²) < 4.78 is 26.9. The molecule has 0 bridgehead atoms. The monoisotopic (exact) mass is 535 g/mol.